The number of carbonyl (C=O) groups excluding carboxylic acids is 1. The van der Waals surface area contributed by atoms with Gasteiger partial charge in [-0.3, -0.25) is 9.78 Å². The van der Waals surface area contributed by atoms with Crippen molar-refractivity contribution in [3.8, 4) is 28.1 Å². The zero-order valence-corrected chi connectivity index (χ0v) is 16.9. The number of para-hydroxylation sites is 1. The zero-order valence-electron chi connectivity index (χ0n) is 16.1. The molecule has 5 rings (SSSR count). The van der Waals surface area contributed by atoms with Gasteiger partial charge in [0.1, 0.15) is 11.5 Å². The minimum absolute atomic E-state index is 0.00128. The predicted octanol–water partition coefficient (Wildman–Crippen LogP) is 3.67. The molecule has 1 aromatic carbocycles. The standard InChI is InChI=1S/C22H19N5O2S/c23-13-27-12-14-8-17(18(27)9-14)26-21(28)22-25-11-20(30-22)16-10-24-7-6-19(16)29-15-4-2-1-3-5-15/h1-7,10-11,14,17-18H,8-9,12H2,(H,26,28). The van der Waals surface area contributed by atoms with E-state index in [1.807, 2.05) is 30.3 Å². The molecule has 1 amide bonds. The number of fused-ring (bicyclic) bond motifs is 2. The van der Waals surface area contributed by atoms with Gasteiger partial charge in [0.2, 0.25) is 0 Å². The molecule has 3 aromatic rings. The van der Waals surface area contributed by atoms with Crippen molar-refractivity contribution in [1.82, 2.24) is 20.2 Å². The number of amides is 1. The molecule has 30 heavy (non-hydrogen) atoms. The summed E-state index contributed by atoms with van der Waals surface area (Å²) in [5.74, 6) is 1.67. The van der Waals surface area contributed by atoms with E-state index in [2.05, 4.69) is 21.5 Å². The fraction of sp³-hybridized carbons (Fsp3) is 0.273. The number of benzene rings is 1. The summed E-state index contributed by atoms with van der Waals surface area (Å²) in [5, 5.41) is 12.7. The summed E-state index contributed by atoms with van der Waals surface area (Å²) in [4.78, 5) is 23.9. The Morgan fingerprint density at radius 1 is 1.23 bits per heavy atom. The van der Waals surface area contributed by atoms with Gasteiger partial charge >= 0.3 is 0 Å². The number of hydrogen-bond donors (Lipinski definition) is 1. The first-order valence-electron chi connectivity index (χ1n) is 9.81. The average Bonchev–Trinajstić information content (AvgIpc) is 3.50. The van der Waals surface area contributed by atoms with Gasteiger partial charge in [-0.1, -0.05) is 18.2 Å². The molecule has 1 aliphatic heterocycles. The van der Waals surface area contributed by atoms with Crippen molar-refractivity contribution in [2.45, 2.75) is 24.9 Å². The van der Waals surface area contributed by atoms with Crippen molar-refractivity contribution in [3.05, 3.63) is 60.0 Å². The van der Waals surface area contributed by atoms with Gasteiger partial charge in [-0.15, -0.1) is 11.3 Å². The second-order valence-corrected chi connectivity index (χ2v) is 8.58. The first-order chi connectivity index (χ1) is 14.7. The smallest absolute Gasteiger partial charge is 0.280 e. The molecule has 3 heterocycles. The van der Waals surface area contributed by atoms with Crippen LogP contribution in [0.15, 0.2) is 55.0 Å². The number of nitrogens with one attached hydrogen (secondary N) is 1. The number of ether oxygens (including phenoxy) is 1. The molecule has 1 N–H and O–H groups in total. The van der Waals surface area contributed by atoms with Crippen LogP contribution in [0.5, 0.6) is 11.5 Å². The van der Waals surface area contributed by atoms with E-state index in [0.29, 0.717) is 16.7 Å². The summed E-state index contributed by atoms with van der Waals surface area (Å²) in [6, 6.07) is 11.4. The highest BCUT2D eigenvalue weighted by Crippen LogP contribution is 2.38. The SMILES string of the molecule is N#CN1CC2CC(NC(=O)c3ncc(-c4cnccc4Oc4ccccc4)s3)C1C2. The molecule has 1 aliphatic carbocycles. The third kappa shape index (κ3) is 3.48. The first kappa shape index (κ1) is 18.6. The molecule has 1 saturated carbocycles. The average molecular weight is 417 g/mol. The van der Waals surface area contributed by atoms with Gasteiger partial charge in [0, 0.05) is 25.1 Å². The van der Waals surface area contributed by atoms with Crippen LogP contribution in [-0.4, -0.2) is 39.4 Å². The van der Waals surface area contributed by atoms with Crippen LogP contribution in [0.2, 0.25) is 0 Å². The number of rotatable bonds is 5. The molecule has 3 atom stereocenters. The third-order valence-corrected chi connectivity index (χ3v) is 6.67. The van der Waals surface area contributed by atoms with Crippen LogP contribution in [0.1, 0.15) is 22.6 Å². The summed E-state index contributed by atoms with van der Waals surface area (Å²) in [5.41, 5.74) is 0.786. The minimum Gasteiger partial charge on any atom is -0.457 e. The van der Waals surface area contributed by atoms with E-state index < -0.39 is 0 Å². The van der Waals surface area contributed by atoms with Crippen molar-refractivity contribution in [3.63, 3.8) is 0 Å². The Morgan fingerprint density at radius 2 is 2.10 bits per heavy atom. The summed E-state index contributed by atoms with van der Waals surface area (Å²) in [6.45, 7) is 0.806. The number of carbonyl (C=O) groups is 1. The highest BCUT2D eigenvalue weighted by atomic mass is 32.1. The van der Waals surface area contributed by atoms with E-state index in [0.717, 1.165) is 35.6 Å². The first-order valence-corrected chi connectivity index (χ1v) is 10.6. The fourth-order valence-corrected chi connectivity index (χ4v) is 5.13. The molecule has 2 fully saturated rings. The van der Waals surface area contributed by atoms with Crippen LogP contribution in [0, 0.1) is 17.4 Å². The number of pyridine rings is 1. The Kier molecular flexibility index (Phi) is 4.81. The van der Waals surface area contributed by atoms with Crippen molar-refractivity contribution < 1.29 is 9.53 Å². The van der Waals surface area contributed by atoms with Crippen molar-refractivity contribution >= 4 is 17.2 Å². The molecule has 0 spiro atoms. The predicted molar refractivity (Wildman–Crippen MR) is 112 cm³/mol. The summed E-state index contributed by atoms with van der Waals surface area (Å²) in [6.07, 6.45) is 9.20. The Morgan fingerprint density at radius 3 is 2.90 bits per heavy atom. The van der Waals surface area contributed by atoms with Crippen molar-refractivity contribution in [2.24, 2.45) is 5.92 Å². The molecule has 3 unspecified atom stereocenters. The summed E-state index contributed by atoms with van der Waals surface area (Å²) < 4.78 is 6.00. The molecular formula is C22H19N5O2S. The quantitative estimate of drug-likeness (QED) is 0.637. The van der Waals surface area contributed by atoms with E-state index in [9.17, 15) is 10.1 Å². The van der Waals surface area contributed by atoms with Crippen LogP contribution in [-0.2, 0) is 0 Å². The largest absolute Gasteiger partial charge is 0.457 e. The van der Waals surface area contributed by atoms with E-state index in [1.165, 1.54) is 11.3 Å². The van der Waals surface area contributed by atoms with Gasteiger partial charge in [-0.25, -0.2) is 4.98 Å². The fourth-order valence-electron chi connectivity index (χ4n) is 4.30. The maximum absolute atomic E-state index is 12.8. The number of aromatic nitrogens is 2. The van der Waals surface area contributed by atoms with E-state index in [-0.39, 0.29) is 18.0 Å². The van der Waals surface area contributed by atoms with Gasteiger partial charge < -0.3 is 15.0 Å². The number of hydrogen-bond acceptors (Lipinski definition) is 7. The van der Waals surface area contributed by atoms with E-state index in [4.69, 9.17) is 4.74 Å². The van der Waals surface area contributed by atoms with Crippen LogP contribution in [0.25, 0.3) is 10.4 Å². The normalized spacial score (nSPS) is 22.0. The van der Waals surface area contributed by atoms with E-state index in [1.54, 1.807) is 29.6 Å². The summed E-state index contributed by atoms with van der Waals surface area (Å²) >= 11 is 1.31. The van der Waals surface area contributed by atoms with Gasteiger partial charge in [-0.05, 0) is 37.0 Å². The lowest BCUT2D eigenvalue weighted by molar-refractivity contribution is 0.0912. The molecular weight excluding hydrogens is 398 g/mol. The second-order valence-electron chi connectivity index (χ2n) is 7.55. The van der Waals surface area contributed by atoms with Crippen LogP contribution in [0.3, 0.4) is 0 Å². The Bertz CT molecular complexity index is 1110. The topological polar surface area (TPSA) is 91.1 Å². The molecule has 150 valence electrons. The third-order valence-electron chi connectivity index (χ3n) is 5.64. The molecule has 2 bridgehead atoms. The lowest BCUT2D eigenvalue weighted by Crippen LogP contribution is -2.48. The van der Waals surface area contributed by atoms with Crippen molar-refractivity contribution in [2.75, 3.05) is 6.54 Å². The van der Waals surface area contributed by atoms with E-state index >= 15 is 0 Å². The Labute approximate surface area is 178 Å². The van der Waals surface area contributed by atoms with Gasteiger partial charge in [-0.2, -0.15) is 5.26 Å². The lowest BCUT2D eigenvalue weighted by atomic mass is 10.1. The molecule has 0 radical (unpaired) electrons. The lowest BCUT2D eigenvalue weighted by Gasteiger charge is -2.29. The highest BCUT2D eigenvalue weighted by molar-refractivity contribution is 7.17. The monoisotopic (exact) mass is 417 g/mol. The van der Waals surface area contributed by atoms with Gasteiger partial charge in [0.25, 0.3) is 5.91 Å². The number of nitrogens with zero attached hydrogens (tertiary/aromatic N) is 4. The van der Waals surface area contributed by atoms with Gasteiger partial charge in [0.05, 0.1) is 22.5 Å². The molecule has 1 saturated heterocycles. The molecule has 2 aromatic heterocycles. The number of likely N-dealkylation sites (tertiary alicyclic amines) is 1. The number of piperidine rings is 1. The maximum Gasteiger partial charge on any atom is 0.280 e. The summed E-state index contributed by atoms with van der Waals surface area (Å²) in [7, 11) is 0. The molecule has 8 heteroatoms. The van der Waals surface area contributed by atoms with Crippen LogP contribution >= 0.6 is 11.3 Å². The highest BCUT2D eigenvalue weighted by Gasteiger charge is 2.45. The Balaban J connectivity index is 1.33. The maximum atomic E-state index is 12.8. The Hall–Kier alpha value is -3.44. The van der Waals surface area contributed by atoms with Crippen LogP contribution in [0.4, 0.5) is 0 Å². The molecule has 2 aliphatic rings. The van der Waals surface area contributed by atoms with Gasteiger partial charge in [0.15, 0.2) is 11.2 Å². The van der Waals surface area contributed by atoms with Crippen molar-refractivity contribution in [1.29, 1.82) is 5.26 Å². The zero-order chi connectivity index (χ0) is 20.5. The second kappa shape index (κ2) is 7.76. The number of nitriles is 1. The minimum atomic E-state index is -0.198. The molecule has 7 nitrogen and oxygen atoms in total. The van der Waals surface area contributed by atoms with Crippen LogP contribution < -0.4 is 10.1 Å². The number of thiazole rings is 1.